The second-order valence-corrected chi connectivity index (χ2v) is 6.03. The zero-order chi connectivity index (χ0) is 13.7. The standard InChI is InChI=1S/C15H21BrN2O/c1-11(13-8-4-5-9-14(13)16)18-15(19)10-17-12-6-2-3-7-12/h4-5,8-9,11-12,17H,2-3,6-7,10H2,1H3,(H,18,19)/t11-/m0/s1. The molecule has 1 saturated carbocycles. The van der Waals surface area contributed by atoms with Gasteiger partial charge < -0.3 is 10.6 Å². The molecule has 1 amide bonds. The third kappa shape index (κ3) is 4.32. The Morgan fingerprint density at radius 1 is 1.37 bits per heavy atom. The highest BCUT2D eigenvalue weighted by Gasteiger charge is 2.16. The van der Waals surface area contributed by atoms with E-state index in [9.17, 15) is 4.79 Å². The molecular weight excluding hydrogens is 304 g/mol. The van der Waals surface area contributed by atoms with Gasteiger partial charge in [-0.25, -0.2) is 0 Å². The molecule has 1 aliphatic rings. The molecule has 1 aromatic carbocycles. The van der Waals surface area contributed by atoms with Gasteiger partial charge in [0, 0.05) is 10.5 Å². The van der Waals surface area contributed by atoms with Crippen LogP contribution in [0.15, 0.2) is 28.7 Å². The van der Waals surface area contributed by atoms with Gasteiger partial charge in [-0.2, -0.15) is 0 Å². The first-order chi connectivity index (χ1) is 9.16. The van der Waals surface area contributed by atoms with Crippen LogP contribution in [0.3, 0.4) is 0 Å². The Balaban J connectivity index is 1.79. The van der Waals surface area contributed by atoms with Crippen molar-refractivity contribution in [3.05, 3.63) is 34.3 Å². The molecule has 2 N–H and O–H groups in total. The minimum atomic E-state index is 0.0217. The van der Waals surface area contributed by atoms with Crippen molar-refractivity contribution in [3.8, 4) is 0 Å². The van der Waals surface area contributed by atoms with E-state index in [1.54, 1.807) is 0 Å². The maximum Gasteiger partial charge on any atom is 0.234 e. The van der Waals surface area contributed by atoms with Gasteiger partial charge in [0.2, 0.25) is 5.91 Å². The number of hydrogen-bond donors (Lipinski definition) is 2. The van der Waals surface area contributed by atoms with Gasteiger partial charge >= 0.3 is 0 Å². The molecule has 0 aromatic heterocycles. The molecule has 1 fully saturated rings. The van der Waals surface area contributed by atoms with E-state index in [0.29, 0.717) is 12.6 Å². The third-order valence-corrected chi connectivity index (χ3v) is 4.38. The number of benzene rings is 1. The highest BCUT2D eigenvalue weighted by atomic mass is 79.9. The van der Waals surface area contributed by atoms with Gasteiger partial charge in [0.05, 0.1) is 12.6 Å². The number of amides is 1. The van der Waals surface area contributed by atoms with Crippen LogP contribution >= 0.6 is 15.9 Å². The molecule has 3 nitrogen and oxygen atoms in total. The number of hydrogen-bond acceptors (Lipinski definition) is 2. The Hall–Kier alpha value is -0.870. The highest BCUT2D eigenvalue weighted by Crippen LogP contribution is 2.22. The predicted molar refractivity (Wildman–Crippen MR) is 81.0 cm³/mol. The second kappa shape index (κ2) is 7.06. The van der Waals surface area contributed by atoms with Crippen LogP contribution in [0, 0.1) is 0 Å². The zero-order valence-corrected chi connectivity index (χ0v) is 12.9. The first-order valence-corrected chi connectivity index (χ1v) is 7.73. The largest absolute Gasteiger partial charge is 0.348 e. The fraction of sp³-hybridized carbons (Fsp3) is 0.533. The summed E-state index contributed by atoms with van der Waals surface area (Å²) in [6, 6.07) is 8.54. The summed E-state index contributed by atoms with van der Waals surface area (Å²) in [7, 11) is 0. The smallest absolute Gasteiger partial charge is 0.234 e. The van der Waals surface area contributed by atoms with Crippen molar-refractivity contribution in [2.24, 2.45) is 0 Å². The summed E-state index contributed by atoms with van der Waals surface area (Å²) < 4.78 is 1.03. The summed E-state index contributed by atoms with van der Waals surface area (Å²) in [4.78, 5) is 11.9. The van der Waals surface area contributed by atoms with E-state index in [4.69, 9.17) is 0 Å². The van der Waals surface area contributed by atoms with Crippen LogP contribution in [-0.2, 0) is 4.79 Å². The molecule has 0 aliphatic heterocycles. The Morgan fingerprint density at radius 2 is 2.05 bits per heavy atom. The van der Waals surface area contributed by atoms with Gasteiger partial charge in [0.25, 0.3) is 0 Å². The Bertz CT molecular complexity index is 430. The van der Waals surface area contributed by atoms with Crippen LogP contribution < -0.4 is 10.6 Å². The lowest BCUT2D eigenvalue weighted by Crippen LogP contribution is -2.39. The number of nitrogens with one attached hydrogen (secondary N) is 2. The summed E-state index contributed by atoms with van der Waals surface area (Å²) in [6.07, 6.45) is 4.97. The third-order valence-electron chi connectivity index (χ3n) is 3.66. The Morgan fingerprint density at radius 3 is 2.74 bits per heavy atom. The molecule has 104 valence electrons. The maximum absolute atomic E-state index is 11.9. The lowest BCUT2D eigenvalue weighted by atomic mass is 10.1. The molecule has 4 heteroatoms. The highest BCUT2D eigenvalue weighted by molar-refractivity contribution is 9.10. The van der Waals surface area contributed by atoms with Gasteiger partial charge in [0.1, 0.15) is 0 Å². The van der Waals surface area contributed by atoms with Gasteiger partial charge in [-0.05, 0) is 31.4 Å². The number of carbonyl (C=O) groups excluding carboxylic acids is 1. The molecule has 0 spiro atoms. The van der Waals surface area contributed by atoms with Crippen LogP contribution in [0.5, 0.6) is 0 Å². The molecule has 1 aromatic rings. The van der Waals surface area contributed by atoms with E-state index < -0.39 is 0 Å². The normalized spacial score (nSPS) is 17.4. The van der Waals surface area contributed by atoms with E-state index in [1.165, 1.54) is 25.7 Å². The fourth-order valence-corrected chi connectivity index (χ4v) is 3.19. The maximum atomic E-state index is 11.9. The molecular formula is C15H21BrN2O. The van der Waals surface area contributed by atoms with E-state index >= 15 is 0 Å². The van der Waals surface area contributed by atoms with Crippen LogP contribution in [-0.4, -0.2) is 18.5 Å². The van der Waals surface area contributed by atoms with Crippen molar-refractivity contribution >= 4 is 21.8 Å². The summed E-state index contributed by atoms with van der Waals surface area (Å²) in [5, 5.41) is 6.36. The first kappa shape index (κ1) is 14.5. The quantitative estimate of drug-likeness (QED) is 0.873. The van der Waals surface area contributed by atoms with Crippen LogP contribution in [0.2, 0.25) is 0 Å². The number of carbonyl (C=O) groups is 1. The minimum Gasteiger partial charge on any atom is -0.348 e. The summed E-state index contributed by atoms with van der Waals surface area (Å²) in [6.45, 7) is 2.42. The van der Waals surface area contributed by atoms with E-state index in [-0.39, 0.29) is 11.9 Å². The Kier molecular flexibility index (Phi) is 5.40. The van der Waals surface area contributed by atoms with Crippen LogP contribution in [0.25, 0.3) is 0 Å². The monoisotopic (exact) mass is 324 g/mol. The van der Waals surface area contributed by atoms with E-state index in [0.717, 1.165) is 10.0 Å². The van der Waals surface area contributed by atoms with Crippen molar-refractivity contribution in [2.45, 2.75) is 44.7 Å². The molecule has 1 aliphatic carbocycles. The molecule has 2 rings (SSSR count). The molecule has 0 unspecified atom stereocenters. The van der Waals surface area contributed by atoms with Crippen molar-refractivity contribution in [1.29, 1.82) is 0 Å². The first-order valence-electron chi connectivity index (χ1n) is 6.94. The average molecular weight is 325 g/mol. The van der Waals surface area contributed by atoms with Gasteiger partial charge in [-0.15, -0.1) is 0 Å². The molecule has 0 saturated heterocycles. The average Bonchev–Trinajstić information content (AvgIpc) is 2.90. The van der Waals surface area contributed by atoms with Gasteiger partial charge in [-0.1, -0.05) is 47.0 Å². The van der Waals surface area contributed by atoms with Crippen molar-refractivity contribution in [3.63, 3.8) is 0 Å². The minimum absolute atomic E-state index is 0.0217. The molecule has 1 atom stereocenters. The van der Waals surface area contributed by atoms with Gasteiger partial charge in [-0.3, -0.25) is 4.79 Å². The topological polar surface area (TPSA) is 41.1 Å². The van der Waals surface area contributed by atoms with E-state index in [2.05, 4.69) is 26.6 Å². The van der Waals surface area contributed by atoms with Crippen molar-refractivity contribution < 1.29 is 4.79 Å². The summed E-state index contributed by atoms with van der Waals surface area (Å²) in [5.41, 5.74) is 1.11. The van der Waals surface area contributed by atoms with Crippen LogP contribution in [0.1, 0.15) is 44.2 Å². The zero-order valence-electron chi connectivity index (χ0n) is 11.3. The number of halogens is 1. The molecule has 19 heavy (non-hydrogen) atoms. The predicted octanol–water partition coefficient (Wildman–Crippen LogP) is 3.16. The second-order valence-electron chi connectivity index (χ2n) is 5.17. The van der Waals surface area contributed by atoms with E-state index in [1.807, 2.05) is 31.2 Å². The van der Waals surface area contributed by atoms with Crippen molar-refractivity contribution in [2.75, 3.05) is 6.54 Å². The summed E-state index contributed by atoms with van der Waals surface area (Å²) in [5.74, 6) is 0.0650. The van der Waals surface area contributed by atoms with Crippen LogP contribution in [0.4, 0.5) is 0 Å². The molecule has 0 bridgehead atoms. The summed E-state index contributed by atoms with van der Waals surface area (Å²) >= 11 is 3.51. The lowest BCUT2D eigenvalue weighted by molar-refractivity contribution is -0.121. The lowest BCUT2D eigenvalue weighted by Gasteiger charge is -2.17. The van der Waals surface area contributed by atoms with Crippen molar-refractivity contribution in [1.82, 2.24) is 10.6 Å². The van der Waals surface area contributed by atoms with Gasteiger partial charge in [0.15, 0.2) is 0 Å². The number of rotatable bonds is 5. The Labute approximate surface area is 123 Å². The fourth-order valence-electron chi connectivity index (χ4n) is 2.56. The SMILES string of the molecule is C[C@H](NC(=O)CNC1CCCC1)c1ccccc1Br. The molecule has 0 radical (unpaired) electrons. The molecule has 0 heterocycles.